The molecule has 1 saturated heterocycles. The number of pyridine rings is 1. The van der Waals surface area contributed by atoms with Crippen molar-refractivity contribution in [3.05, 3.63) is 53.2 Å². The number of ether oxygens (including phenoxy) is 2. The molecule has 2 heterocycles. The number of nitrogens with zero attached hydrogens (tertiary/aromatic N) is 2. The second-order valence-corrected chi connectivity index (χ2v) is 7.78. The lowest BCUT2D eigenvalue weighted by molar-refractivity contribution is -0.126. The number of hydrogen-bond acceptors (Lipinski definition) is 5. The molecular formula is C23H27N3O4. The highest BCUT2D eigenvalue weighted by Crippen LogP contribution is 2.30. The van der Waals surface area contributed by atoms with Gasteiger partial charge in [-0.2, -0.15) is 0 Å². The number of nitrogens with one attached hydrogen (secondary N) is 1. The van der Waals surface area contributed by atoms with Crippen LogP contribution >= 0.6 is 0 Å². The second kappa shape index (κ2) is 9.26. The number of amides is 2. The quantitative estimate of drug-likeness (QED) is 0.677. The molecule has 0 unspecified atom stereocenters. The van der Waals surface area contributed by atoms with Crippen LogP contribution in [0.1, 0.15) is 29.5 Å². The summed E-state index contributed by atoms with van der Waals surface area (Å²) in [6, 6.07) is 9.87. The highest BCUT2D eigenvalue weighted by molar-refractivity contribution is 6.00. The van der Waals surface area contributed by atoms with Gasteiger partial charge in [-0.25, -0.2) is 4.98 Å². The molecule has 1 aliphatic heterocycles. The van der Waals surface area contributed by atoms with Crippen molar-refractivity contribution in [1.82, 2.24) is 10.3 Å². The average molecular weight is 409 g/mol. The number of carbonyl (C=O) groups excluding carboxylic acids is 2. The zero-order chi connectivity index (χ0) is 20.9. The molecule has 0 bridgehead atoms. The monoisotopic (exact) mass is 409 g/mol. The van der Waals surface area contributed by atoms with Crippen molar-refractivity contribution in [2.75, 3.05) is 31.8 Å². The molecule has 1 aliphatic carbocycles. The highest BCUT2D eigenvalue weighted by atomic mass is 16.5. The van der Waals surface area contributed by atoms with E-state index in [2.05, 4.69) is 22.4 Å². The van der Waals surface area contributed by atoms with E-state index in [1.807, 2.05) is 12.1 Å². The second-order valence-electron chi connectivity index (χ2n) is 7.78. The van der Waals surface area contributed by atoms with Gasteiger partial charge >= 0.3 is 0 Å². The summed E-state index contributed by atoms with van der Waals surface area (Å²) >= 11 is 0. The fraction of sp³-hybridized carbons (Fsp3) is 0.435. The van der Waals surface area contributed by atoms with Gasteiger partial charge in [0, 0.05) is 44.6 Å². The van der Waals surface area contributed by atoms with Crippen LogP contribution in [0.5, 0.6) is 5.88 Å². The standard InChI is InChI=1S/C23H27N3O4/c1-29-9-10-30-21-8-5-16(13-24-21)14-25-23(28)19-12-22(27)26(15-19)20-7-6-17-3-2-4-18(17)11-20/h5-8,11,13,19H,2-4,9-10,12,14-15H2,1H3,(H,25,28)/t19-/m0/s1. The Balaban J connectivity index is 1.29. The molecule has 2 aliphatic rings. The molecule has 158 valence electrons. The van der Waals surface area contributed by atoms with E-state index in [1.54, 1.807) is 24.3 Å². The molecule has 4 rings (SSSR count). The Kier molecular flexibility index (Phi) is 6.28. The molecule has 1 aromatic heterocycles. The Morgan fingerprint density at radius 1 is 1.20 bits per heavy atom. The Hall–Kier alpha value is -2.93. The van der Waals surface area contributed by atoms with Crippen LogP contribution in [0.4, 0.5) is 5.69 Å². The van der Waals surface area contributed by atoms with Gasteiger partial charge < -0.3 is 19.7 Å². The minimum Gasteiger partial charge on any atom is -0.475 e. The van der Waals surface area contributed by atoms with Gasteiger partial charge in [0.25, 0.3) is 0 Å². The average Bonchev–Trinajstić information content (AvgIpc) is 3.39. The third kappa shape index (κ3) is 4.62. The predicted octanol–water partition coefficient (Wildman–Crippen LogP) is 2.26. The van der Waals surface area contributed by atoms with Crippen molar-refractivity contribution in [1.29, 1.82) is 0 Å². The zero-order valence-electron chi connectivity index (χ0n) is 17.2. The van der Waals surface area contributed by atoms with Crippen molar-refractivity contribution < 1.29 is 19.1 Å². The number of aromatic nitrogens is 1. The van der Waals surface area contributed by atoms with Crippen molar-refractivity contribution in [2.45, 2.75) is 32.2 Å². The van der Waals surface area contributed by atoms with Crippen LogP contribution in [0.25, 0.3) is 0 Å². The number of anilines is 1. The van der Waals surface area contributed by atoms with Crippen LogP contribution in [0.2, 0.25) is 0 Å². The third-order valence-electron chi connectivity index (χ3n) is 5.69. The molecule has 0 spiro atoms. The maximum atomic E-state index is 12.6. The summed E-state index contributed by atoms with van der Waals surface area (Å²) in [6.45, 7) is 1.74. The Labute approximate surface area is 176 Å². The summed E-state index contributed by atoms with van der Waals surface area (Å²) < 4.78 is 10.4. The zero-order valence-corrected chi connectivity index (χ0v) is 17.2. The molecule has 1 fully saturated rings. The van der Waals surface area contributed by atoms with Gasteiger partial charge in [0.1, 0.15) is 6.61 Å². The van der Waals surface area contributed by atoms with E-state index >= 15 is 0 Å². The van der Waals surface area contributed by atoms with Crippen LogP contribution in [0.15, 0.2) is 36.5 Å². The maximum Gasteiger partial charge on any atom is 0.227 e. The summed E-state index contributed by atoms with van der Waals surface area (Å²) in [5.41, 5.74) is 4.49. The van der Waals surface area contributed by atoms with Crippen LogP contribution in [-0.2, 0) is 33.7 Å². The summed E-state index contributed by atoms with van der Waals surface area (Å²) in [5.74, 6) is 0.0867. The van der Waals surface area contributed by atoms with Gasteiger partial charge in [-0.15, -0.1) is 0 Å². The number of fused-ring (bicyclic) bond motifs is 1. The first-order valence-electron chi connectivity index (χ1n) is 10.4. The highest BCUT2D eigenvalue weighted by Gasteiger charge is 2.35. The molecule has 1 atom stereocenters. The molecule has 0 saturated carbocycles. The molecule has 0 radical (unpaired) electrons. The van der Waals surface area contributed by atoms with E-state index < -0.39 is 0 Å². The van der Waals surface area contributed by atoms with E-state index in [0.29, 0.717) is 32.2 Å². The molecular weight excluding hydrogens is 382 g/mol. The van der Waals surface area contributed by atoms with Gasteiger partial charge in [-0.05, 0) is 48.1 Å². The fourth-order valence-corrected chi connectivity index (χ4v) is 4.02. The first-order chi connectivity index (χ1) is 14.6. The summed E-state index contributed by atoms with van der Waals surface area (Å²) in [6.07, 6.45) is 5.28. The van der Waals surface area contributed by atoms with Gasteiger partial charge in [0.05, 0.1) is 12.5 Å². The SMILES string of the molecule is COCCOc1ccc(CNC(=O)[C@H]2CC(=O)N(c3ccc4c(c3)CCC4)C2)cn1. The number of rotatable bonds is 8. The Morgan fingerprint density at radius 2 is 2.07 bits per heavy atom. The van der Waals surface area contributed by atoms with Gasteiger partial charge in [0.15, 0.2) is 0 Å². The lowest BCUT2D eigenvalue weighted by Gasteiger charge is -2.18. The predicted molar refractivity (Wildman–Crippen MR) is 112 cm³/mol. The number of hydrogen-bond donors (Lipinski definition) is 1. The molecule has 2 aromatic rings. The van der Waals surface area contributed by atoms with Gasteiger partial charge in [-0.3, -0.25) is 9.59 Å². The molecule has 7 nitrogen and oxygen atoms in total. The van der Waals surface area contributed by atoms with E-state index in [0.717, 1.165) is 24.1 Å². The van der Waals surface area contributed by atoms with Crippen molar-refractivity contribution in [3.8, 4) is 5.88 Å². The van der Waals surface area contributed by atoms with E-state index in [1.165, 1.54) is 17.5 Å². The van der Waals surface area contributed by atoms with Crippen molar-refractivity contribution in [3.63, 3.8) is 0 Å². The lowest BCUT2D eigenvalue weighted by atomic mass is 10.1. The topological polar surface area (TPSA) is 80.8 Å². The molecule has 1 N–H and O–H groups in total. The smallest absolute Gasteiger partial charge is 0.227 e. The van der Waals surface area contributed by atoms with Gasteiger partial charge in [0.2, 0.25) is 17.7 Å². The number of methoxy groups -OCH3 is 1. The molecule has 7 heteroatoms. The number of aryl methyl sites for hydroxylation is 2. The van der Waals surface area contributed by atoms with E-state index in [4.69, 9.17) is 9.47 Å². The van der Waals surface area contributed by atoms with Gasteiger partial charge in [-0.1, -0.05) is 12.1 Å². The van der Waals surface area contributed by atoms with Crippen LogP contribution in [-0.4, -0.2) is 43.7 Å². The van der Waals surface area contributed by atoms with E-state index in [9.17, 15) is 9.59 Å². The number of benzene rings is 1. The molecule has 30 heavy (non-hydrogen) atoms. The lowest BCUT2D eigenvalue weighted by Crippen LogP contribution is -2.32. The minimum absolute atomic E-state index is 0.00678. The number of carbonyl (C=O) groups is 2. The van der Waals surface area contributed by atoms with Crippen molar-refractivity contribution >= 4 is 17.5 Å². The maximum absolute atomic E-state index is 12.6. The van der Waals surface area contributed by atoms with Crippen LogP contribution in [0, 0.1) is 5.92 Å². The summed E-state index contributed by atoms with van der Waals surface area (Å²) in [7, 11) is 1.62. The largest absolute Gasteiger partial charge is 0.475 e. The summed E-state index contributed by atoms with van der Waals surface area (Å²) in [5, 5.41) is 2.93. The van der Waals surface area contributed by atoms with Crippen LogP contribution in [0.3, 0.4) is 0 Å². The first kappa shape index (κ1) is 20.3. The fourth-order valence-electron chi connectivity index (χ4n) is 4.02. The Morgan fingerprint density at radius 3 is 2.87 bits per heavy atom. The molecule has 2 amide bonds. The normalized spacial score (nSPS) is 17.8. The summed E-state index contributed by atoms with van der Waals surface area (Å²) in [4.78, 5) is 31.1. The Bertz CT molecular complexity index is 913. The van der Waals surface area contributed by atoms with E-state index in [-0.39, 0.29) is 24.2 Å². The first-order valence-corrected chi connectivity index (χ1v) is 10.4. The van der Waals surface area contributed by atoms with Crippen LogP contribution < -0.4 is 15.0 Å². The van der Waals surface area contributed by atoms with Crippen molar-refractivity contribution in [2.24, 2.45) is 5.92 Å². The third-order valence-corrected chi connectivity index (χ3v) is 5.69. The molecule has 1 aromatic carbocycles. The minimum atomic E-state index is -0.338.